The molecule has 36 heavy (non-hydrogen) atoms. The Morgan fingerprint density at radius 1 is 1.06 bits per heavy atom. The number of benzene rings is 2. The summed E-state index contributed by atoms with van der Waals surface area (Å²) in [4.78, 5) is 27.4. The average Bonchev–Trinajstić information content (AvgIpc) is 2.81. The van der Waals surface area contributed by atoms with Crippen LogP contribution in [0.4, 0.5) is 14.5 Å². The largest absolute Gasteiger partial charge is 0.352 e. The van der Waals surface area contributed by atoms with Crippen molar-refractivity contribution in [2.75, 3.05) is 17.1 Å². The van der Waals surface area contributed by atoms with Crippen LogP contribution in [0.2, 0.25) is 5.02 Å². The molecule has 0 aliphatic carbocycles. The number of anilines is 1. The predicted molar refractivity (Wildman–Crippen MR) is 137 cm³/mol. The highest BCUT2D eigenvalue weighted by Crippen LogP contribution is 2.22. The second-order valence-electron chi connectivity index (χ2n) is 8.68. The van der Waals surface area contributed by atoms with Gasteiger partial charge in [0.2, 0.25) is 21.8 Å². The minimum absolute atomic E-state index is 0.0387. The van der Waals surface area contributed by atoms with Gasteiger partial charge in [0.15, 0.2) is 11.6 Å². The fourth-order valence-electron chi connectivity index (χ4n) is 3.48. The highest BCUT2D eigenvalue weighted by molar-refractivity contribution is 7.92. The molecule has 2 rings (SSSR count). The first-order chi connectivity index (χ1) is 16.8. The number of nitrogens with one attached hydrogen (secondary N) is 1. The summed E-state index contributed by atoms with van der Waals surface area (Å²) in [5.74, 6) is -2.92. The fraction of sp³-hybridized carbons (Fsp3) is 0.440. The Labute approximate surface area is 216 Å². The number of amides is 2. The number of hydrogen-bond donors (Lipinski definition) is 1. The highest BCUT2D eigenvalue weighted by atomic mass is 35.5. The van der Waals surface area contributed by atoms with E-state index in [4.69, 9.17) is 11.6 Å². The first kappa shape index (κ1) is 29.5. The molecular weight excluding hydrogens is 512 g/mol. The van der Waals surface area contributed by atoms with Crippen LogP contribution in [0.5, 0.6) is 0 Å². The summed E-state index contributed by atoms with van der Waals surface area (Å²) in [5.41, 5.74) is 0.735. The van der Waals surface area contributed by atoms with Crippen LogP contribution in [-0.4, -0.2) is 50.0 Å². The van der Waals surface area contributed by atoms with Gasteiger partial charge in [-0.15, -0.1) is 0 Å². The normalized spacial score (nSPS) is 13.1. The van der Waals surface area contributed by atoms with Gasteiger partial charge in [0.1, 0.15) is 6.04 Å². The summed E-state index contributed by atoms with van der Waals surface area (Å²) in [6.07, 6.45) is 1.71. The summed E-state index contributed by atoms with van der Waals surface area (Å²) in [7, 11) is -3.82. The van der Waals surface area contributed by atoms with Crippen LogP contribution in [-0.2, 0) is 26.2 Å². The summed E-state index contributed by atoms with van der Waals surface area (Å²) in [6.45, 7) is 5.47. The number of nitrogens with zero attached hydrogens (tertiary/aromatic N) is 2. The van der Waals surface area contributed by atoms with E-state index in [1.807, 2.05) is 13.8 Å². The third-order valence-corrected chi connectivity index (χ3v) is 7.22. The molecule has 0 fully saturated rings. The number of hydrogen-bond acceptors (Lipinski definition) is 4. The van der Waals surface area contributed by atoms with Crippen molar-refractivity contribution in [2.45, 2.75) is 58.7 Å². The smallest absolute Gasteiger partial charge is 0.242 e. The van der Waals surface area contributed by atoms with E-state index >= 15 is 0 Å². The SMILES string of the molecule is CCC(C)NC(=O)C(C)N(Cc1ccc(Cl)cc1)C(=O)CCCN(c1ccc(F)c(F)c1)S(C)(=O)=O. The molecule has 2 aromatic carbocycles. The number of carbonyl (C=O) groups excluding carboxylic acids is 2. The van der Waals surface area contributed by atoms with E-state index in [1.165, 1.54) is 4.90 Å². The average molecular weight is 544 g/mol. The van der Waals surface area contributed by atoms with Crippen molar-refractivity contribution in [1.29, 1.82) is 0 Å². The molecule has 2 unspecified atom stereocenters. The molecule has 0 spiro atoms. The van der Waals surface area contributed by atoms with Crippen molar-refractivity contribution in [3.63, 3.8) is 0 Å². The Morgan fingerprint density at radius 2 is 1.69 bits per heavy atom. The van der Waals surface area contributed by atoms with E-state index < -0.39 is 27.7 Å². The lowest BCUT2D eigenvalue weighted by molar-refractivity contribution is -0.140. The van der Waals surface area contributed by atoms with Crippen molar-refractivity contribution in [3.05, 3.63) is 64.7 Å². The summed E-state index contributed by atoms with van der Waals surface area (Å²) in [5, 5.41) is 3.42. The van der Waals surface area contributed by atoms with Crippen LogP contribution in [0.15, 0.2) is 42.5 Å². The molecule has 0 saturated heterocycles. The molecule has 7 nitrogen and oxygen atoms in total. The van der Waals surface area contributed by atoms with Crippen LogP contribution in [0, 0.1) is 11.6 Å². The lowest BCUT2D eigenvalue weighted by atomic mass is 10.1. The van der Waals surface area contributed by atoms with E-state index in [1.54, 1.807) is 31.2 Å². The maximum absolute atomic E-state index is 13.7. The molecule has 11 heteroatoms. The molecule has 0 heterocycles. The maximum atomic E-state index is 13.7. The zero-order valence-corrected chi connectivity index (χ0v) is 22.4. The van der Waals surface area contributed by atoms with Crippen LogP contribution >= 0.6 is 11.6 Å². The second-order valence-corrected chi connectivity index (χ2v) is 11.0. The third kappa shape index (κ3) is 8.44. The van der Waals surface area contributed by atoms with Gasteiger partial charge in [-0.1, -0.05) is 30.7 Å². The van der Waals surface area contributed by atoms with E-state index in [2.05, 4.69) is 5.32 Å². The molecule has 0 aromatic heterocycles. The maximum Gasteiger partial charge on any atom is 0.242 e. The zero-order chi connectivity index (χ0) is 27.0. The zero-order valence-electron chi connectivity index (χ0n) is 20.8. The van der Waals surface area contributed by atoms with E-state index in [0.717, 1.165) is 40.7 Å². The van der Waals surface area contributed by atoms with Gasteiger partial charge in [-0.2, -0.15) is 0 Å². The second kappa shape index (κ2) is 13.0. The lowest BCUT2D eigenvalue weighted by Gasteiger charge is -2.30. The molecular formula is C25H32ClF2N3O4S. The molecule has 0 bridgehead atoms. The van der Waals surface area contributed by atoms with Crippen molar-refractivity contribution in [3.8, 4) is 0 Å². The van der Waals surface area contributed by atoms with Gasteiger partial charge in [-0.3, -0.25) is 13.9 Å². The lowest BCUT2D eigenvalue weighted by Crippen LogP contribution is -2.49. The topological polar surface area (TPSA) is 86.8 Å². The molecule has 2 amide bonds. The Bertz CT molecular complexity index is 1160. The van der Waals surface area contributed by atoms with Crippen LogP contribution in [0.25, 0.3) is 0 Å². The molecule has 0 aliphatic heterocycles. The van der Waals surface area contributed by atoms with E-state index in [-0.39, 0.29) is 49.5 Å². The van der Waals surface area contributed by atoms with Crippen molar-refractivity contribution >= 4 is 39.1 Å². The Balaban J connectivity index is 2.18. The molecule has 1 N–H and O–H groups in total. The number of rotatable bonds is 12. The van der Waals surface area contributed by atoms with Gasteiger partial charge in [-0.25, -0.2) is 17.2 Å². The number of halogens is 3. The van der Waals surface area contributed by atoms with Crippen LogP contribution in [0.1, 0.15) is 45.6 Å². The first-order valence-corrected chi connectivity index (χ1v) is 13.8. The molecule has 0 radical (unpaired) electrons. The predicted octanol–water partition coefficient (Wildman–Crippen LogP) is 4.50. The van der Waals surface area contributed by atoms with Crippen molar-refractivity contribution in [2.24, 2.45) is 0 Å². The van der Waals surface area contributed by atoms with E-state index in [0.29, 0.717) is 5.02 Å². The quantitative estimate of drug-likeness (QED) is 0.427. The Kier molecular flexibility index (Phi) is 10.7. The first-order valence-electron chi connectivity index (χ1n) is 11.6. The van der Waals surface area contributed by atoms with Gasteiger partial charge in [-0.05, 0) is 56.5 Å². The minimum atomic E-state index is -3.82. The highest BCUT2D eigenvalue weighted by Gasteiger charge is 2.27. The van der Waals surface area contributed by atoms with Crippen LogP contribution in [0.3, 0.4) is 0 Å². The Morgan fingerprint density at radius 3 is 2.25 bits per heavy atom. The number of carbonyl (C=O) groups is 2. The van der Waals surface area contributed by atoms with Gasteiger partial charge in [0.05, 0.1) is 11.9 Å². The van der Waals surface area contributed by atoms with Crippen molar-refractivity contribution < 1.29 is 26.8 Å². The minimum Gasteiger partial charge on any atom is -0.352 e. The fourth-order valence-corrected chi connectivity index (χ4v) is 4.56. The van der Waals surface area contributed by atoms with Gasteiger partial charge in [0.25, 0.3) is 0 Å². The monoisotopic (exact) mass is 543 g/mol. The summed E-state index contributed by atoms with van der Waals surface area (Å²) in [6, 6.07) is 8.87. The molecule has 0 aliphatic rings. The van der Waals surface area contributed by atoms with Crippen LogP contribution < -0.4 is 9.62 Å². The Hall–Kier alpha value is -2.72. The molecule has 0 saturated carbocycles. The number of sulfonamides is 1. The molecule has 198 valence electrons. The van der Waals surface area contributed by atoms with Gasteiger partial charge < -0.3 is 10.2 Å². The molecule has 2 aromatic rings. The van der Waals surface area contributed by atoms with E-state index in [9.17, 15) is 26.8 Å². The standard InChI is InChI=1S/C25H32ClF2N3O4S/c1-5-17(2)29-25(33)18(3)30(16-19-8-10-20(26)11-9-19)24(32)7-6-14-31(36(4,34)35)21-12-13-22(27)23(28)15-21/h8-13,15,17-18H,5-7,14,16H2,1-4H3,(H,29,33). The summed E-state index contributed by atoms with van der Waals surface area (Å²) >= 11 is 5.96. The van der Waals surface area contributed by atoms with Gasteiger partial charge >= 0.3 is 0 Å². The van der Waals surface area contributed by atoms with Crippen molar-refractivity contribution in [1.82, 2.24) is 10.2 Å². The van der Waals surface area contributed by atoms with Gasteiger partial charge in [0, 0.05) is 36.6 Å². The molecule has 2 atom stereocenters. The summed E-state index contributed by atoms with van der Waals surface area (Å²) < 4.78 is 52.5. The third-order valence-electron chi connectivity index (χ3n) is 5.78.